The van der Waals surface area contributed by atoms with Crippen LogP contribution in [0, 0.1) is 0 Å². The van der Waals surface area contributed by atoms with E-state index < -0.39 is 25.8 Å². The Bertz CT molecular complexity index is 1680. The standard InChI is InChI=1S/C36H34N3O6P/c40-35(43-26-29-13-5-1-6-14-29)34(37-36(41)44-27-30-15-7-2-8-16-30)25-28-21-23-33(24-22-28)45-46(42,38-31-17-9-3-10-18-31)39-32-19-11-4-12-20-32/h1-24,34H,25-27H2,(H,37,41)(H2,38,39,42)/t34-/m0/s1. The molecule has 0 spiro atoms. The maximum absolute atomic E-state index is 14.0. The highest BCUT2D eigenvalue weighted by molar-refractivity contribution is 7.62. The summed E-state index contributed by atoms with van der Waals surface area (Å²) in [6.45, 7) is 0.111. The van der Waals surface area contributed by atoms with E-state index in [9.17, 15) is 14.2 Å². The second-order valence-electron chi connectivity index (χ2n) is 10.3. The van der Waals surface area contributed by atoms with Gasteiger partial charge in [0.1, 0.15) is 25.0 Å². The van der Waals surface area contributed by atoms with Crippen molar-refractivity contribution in [1.29, 1.82) is 0 Å². The molecule has 1 amide bonds. The Morgan fingerprint density at radius 2 is 1.02 bits per heavy atom. The van der Waals surface area contributed by atoms with Crippen LogP contribution in [-0.4, -0.2) is 18.1 Å². The monoisotopic (exact) mass is 635 g/mol. The summed E-state index contributed by atoms with van der Waals surface area (Å²) in [5.41, 5.74) is 3.58. The number of rotatable bonds is 14. The quantitative estimate of drug-likeness (QED) is 0.0831. The number of alkyl carbamates (subject to hydrolysis) is 1. The van der Waals surface area contributed by atoms with Crippen LogP contribution in [-0.2, 0) is 38.5 Å². The van der Waals surface area contributed by atoms with E-state index in [2.05, 4.69) is 15.5 Å². The van der Waals surface area contributed by atoms with Crippen molar-refractivity contribution in [3.05, 3.63) is 162 Å². The van der Waals surface area contributed by atoms with Crippen molar-refractivity contribution in [2.24, 2.45) is 0 Å². The Hall–Kier alpha value is -5.53. The first-order chi connectivity index (χ1) is 22.4. The smallest absolute Gasteiger partial charge is 0.444 e. The predicted molar refractivity (Wildman–Crippen MR) is 178 cm³/mol. The van der Waals surface area contributed by atoms with E-state index in [4.69, 9.17) is 14.0 Å². The van der Waals surface area contributed by atoms with Crippen molar-refractivity contribution in [1.82, 2.24) is 5.32 Å². The Morgan fingerprint density at radius 3 is 1.52 bits per heavy atom. The van der Waals surface area contributed by atoms with E-state index in [1.165, 1.54) is 0 Å². The fourth-order valence-corrected chi connectivity index (χ4v) is 5.98. The molecular weight excluding hydrogens is 601 g/mol. The molecule has 5 aromatic carbocycles. The molecule has 10 heteroatoms. The maximum atomic E-state index is 14.0. The maximum Gasteiger partial charge on any atom is 0.444 e. The van der Waals surface area contributed by atoms with Gasteiger partial charge in [0, 0.05) is 17.8 Å². The predicted octanol–water partition coefficient (Wildman–Crippen LogP) is 7.98. The molecule has 0 heterocycles. The summed E-state index contributed by atoms with van der Waals surface area (Å²) in [6, 6.07) is 42.5. The summed E-state index contributed by atoms with van der Waals surface area (Å²) in [4.78, 5) is 25.9. The molecule has 3 N–H and O–H groups in total. The summed E-state index contributed by atoms with van der Waals surface area (Å²) in [5.74, 6) is -0.276. The van der Waals surface area contributed by atoms with Crippen molar-refractivity contribution in [3.8, 4) is 5.75 Å². The molecule has 0 aliphatic heterocycles. The van der Waals surface area contributed by atoms with Crippen LogP contribution in [0.1, 0.15) is 16.7 Å². The molecule has 0 aliphatic carbocycles. The average molecular weight is 636 g/mol. The van der Waals surface area contributed by atoms with Crippen LogP contribution in [0.2, 0.25) is 0 Å². The summed E-state index contributed by atoms with van der Waals surface area (Å²) < 4.78 is 30.9. The van der Waals surface area contributed by atoms with E-state index in [1.54, 1.807) is 48.5 Å². The number of carbonyl (C=O) groups is 2. The van der Waals surface area contributed by atoms with Gasteiger partial charge in [-0.05, 0) is 53.1 Å². The summed E-state index contributed by atoms with van der Waals surface area (Å²) in [5, 5.41) is 8.62. The van der Waals surface area contributed by atoms with E-state index in [-0.39, 0.29) is 19.6 Å². The van der Waals surface area contributed by atoms with Gasteiger partial charge in [-0.25, -0.2) is 14.2 Å². The summed E-state index contributed by atoms with van der Waals surface area (Å²) >= 11 is 0. The number of hydrogen-bond donors (Lipinski definition) is 3. The molecule has 0 unspecified atom stereocenters. The molecule has 46 heavy (non-hydrogen) atoms. The third-order valence-corrected chi connectivity index (χ3v) is 8.28. The lowest BCUT2D eigenvalue weighted by Crippen LogP contribution is -2.43. The lowest BCUT2D eigenvalue weighted by molar-refractivity contribution is -0.147. The zero-order valence-electron chi connectivity index (χ0n) is 25.0. The third-order valence-electron chi connectivity index (χ3n) is 6.71. The van der Waals surface area contributed by atoms with Crippen LogP contribution in [0.4, 0.5) is 16.2 Å². The molecule has 0 radical (unpaired) electrons. The van der Waals surface area contributed by atoms with Crippen molar-refractivity contribution in [3.63, 3.8) is 0 Å². The van der Waals surface area contributed by atoms with E-state index in [1.807, 2.05) is 97.1 Å². The summed E-state index contributed by atoms with van der Waals surface area (Å²) in [7, 11) is -3.68. The molecule has 9 nitrogen and oxygen atoms in total. The van der Waals surface area contributed by atoms with Gasteiger partial charge < -0.3 is 19.3 Å². The van der Waals surface area contributed by atoms with Crippen molar-refractivity contribution in [2.75, 3.05) is 10.2 Å². The number of esters is 1. The lowest BCUT2D eigenvalue weighted by Gasteiger charge is -2.23. The number of ether oxygens (including phenoxy) is 2. The molecule has 1 atom stereocenters. The number of hydrogen-bond acceptors (Lipinski definition) is 6. The highest BCUT2D eigenvalue weighted by atomic mass is 31.2. The number of benzene rings is 5. The fraction of sp³-hybridized carbons (Fsp3) is 0.111. The van der Waals surface area contributed by atoms with Gasteiger partial charge in [0.15, 0.2) is 0 Å². The zero-order valence-corrected chi connectivity index (χ0v) is 25.8. The van der Waals surface area contributed by atoms with Gasteiger partial charge in [0.25, 0.3) is 0 Å². The van der Waals surface area contributed by atoms with Gasteiger partial charge in [0.2, 0.25) is 0 Å². The number of nitrogens with one attached hydrogen (secondary N) is 3. The first-order valence-electron chi connectivity index (χ1n) is 14.7. The normalized spacial score (nSPS) is 11.5. The van der Waals surface area contributed by atoms with Crippen LogP contribution in [0.3, 0.4) is 0 Å². The van der Waals surface area contributed by atoms with Crippen LogP contribution in [0.5, 0.6) is 5.75 Å². The second-order valence-corrected chi connectivity index (χ2v) is 12.0. The van der Waals surface area contributed by atoms with Crippen molar-refractivity contribution >= 4 is 31.1 Å². The molecule has 0 aliphatic rings. The van der Waals surface area contributed by atoms with Crippen molar-refractivity contribution in [2.45, 2.75) is 25.7 Å². The Morgan fingerprint density at radius 1 is 0.565 bits per heavy atom. The van der Waals surface area contributed by atoms with Gasteiger partial charge >= 0.3 is 19.7 Å². The molecule has 0 bridgehead atoms. The molecule has 5 rings (SSSR count). The zero-order chi connectivity index (χ0) is 32.0. The van der Waals surface area contributed by atoms with Gasteiger partial charge in [-0.1, -0.05) is 109 Å². The van der Waals surface area contributed by atoms with E-state index in [0.29, 0.717) is 22.7 Å². The molecule has 0 saturated carbocycles. The molecule has 0 saturated heterocycles. The van der Waals surface area contributed by atoms with Crippen molar-refractivity contribution < 1.29 is 28.2 Å². The molecule has 234 valence electrons. The first kappa shape index (κ1) is 31.9. The average Bonchev–Trinajstić information content (AvgIpc) is 3.08. The first-order valence-corrected chi connectivity index (χ1v) is 16.3. The number of anilines is 2. The van der Waals surface area contributed by atoms with Crippen LogP contribution in [0.15, 0.2) is 146 Å². The number of amides is 1. The minimum atomic E-state index is -3.68. The van der Waals surface area contributed by atoms with Gasteiger partial charge in [-0.3, -0.25) is 10.2 Å². The molecular formula is C36H34N3O6P. The Labute approximate surface area is 268 Å². The second kappa shape index (κ2) is 16.0. The third kappa shape index (κ3) is 10.0. The minimum Gasteiger partial charge on any atom is -0.459 e. The van der Waals surface area contributed by atoms with Crippen LogP contribution in [0.25, 0.3) is 0 Å². The lowest BCUT2D eigenvalue weighted by atomic mass is 10.1. The van der Waals surface area contributed by atoms with E-state index in [0.717, 1.165) is 11.1 Å². The highest BCUT2D eigenvalue weighted by Gasteiger charge is 2.27. The Balaban J connectivity index is 1.27. The largest absolute Gasteiger partial charge is 0.459 e. The topological polar surface area (TPSA) is 115 Å². The van der Waals surface area contributed by atoms with E-state index >= 15 is 0 Å². The van der Waals surface area contributed by atoms with Crippen LogP contribution >= 0.6 is 7.67 Å². The molecule has 5 aromatic rings. The molecule has 0 aromatic heterocycles. The number of carbonyl (C=O) groups excluding carboxylic acids is 2. The number of para-hydroxylation sites is 2. The Kier molecular flexibility index (Phi) is 11.1. The van der Waals surface area contributed by atoms with Gasteiger partial charge in [-0.2, -0.15) is 0 Å². The SMILES string of the molecule is O=C(N[C@@H](Cc1ccc(OP(=O)(Nc2ccccc2)Nc2ccccc2)cc1)C(=O)OCc1ccccc1)OCc1ccccc1. The fourth-order valence-electron chi connectivity index (χ4n) is 4.44. The summed E-state index contributed by atoms with van der Waals surface area (Å²) in [6.07, 6.45) is -0.623. The highest BCUT2D eigenvalue weighted by Crippen LogP contribution is 2.47. The molecule has 0 fully saturated rings. The minimum absolute atomic E-state index is 0.0541. The van der Waals surface area contributed by atoms with Gasteiger partial charge in [-0.15, -0.1) is 0 Å². The van der Waals surface area contributed by atoms with Crippen LogP contribution < -0.4 is 20.0 Å². The van der Waals surface area contributed by atoms with Gasteiger partial charge in [0.05, 0.1) is 0 Å².